The molecule has 1 N–H and O–H groups in total. The van der Waals surface area contributed by atoms with E-state index in [1.54, 1.807) is 31.2 Å². The number of carboxylic acid groups (broad SMARTS) is 1. The standard InChI is InChI=1S/C13H12N2O3/c1-9-6-7-12(16)15(14-9)8-10-4-2-3-5-11(10)13(17)18/h2-7H,8H2,1H3,(H,17,18). The summed E-state index contributed by atoms with van der Waals surface area (Å²) in [5.41, 5.74) is 1.21. The summed E-state index contributed by atoms with van der Waals surface area (Å²) in [6.45, 7) is 1.93. The van der Waals surface area contributed by atoms with Gasteiger partial charge in [-0.05, 0) is 24.6 Å². The fraction of sp³-hybridized carbons (Fsp3) is 0.154. The highest BCUT2D eigenvalue weighted by Gasteiger charge is 2.10. The molecule has 2 rings (SSSR count). The van der Waals surface area contributed by atoms with Gasteiger partial charge in [-0.3, -0.25) is 4.79 Å². The molecule has 5 heteroatoms. The molecule has 0 aliphatic carbocycles. The Labute approximate surface area is 103 Å². The van der Waals surface area contributed by atoms with E-state index in [0.717, 1.165) is 0 Å². The van der Waals surface area contributed by atoms with E-state index in [9.17, 15) is 9.59 Å². The monoisotopic (exact) mass is 244 g/mol. The van der Waals surface area contributed by atoms with Crippen LogP contribution < -0.4 is 5.56 Å². The number of carboxylic acids is 1. The summed E-state index contributed by atoms with van der Waals surface area (Å²) in [5.74, 6) is -1.01. The molecule has 1 aromatic heterocycles. The molecule has 0 saturated heterocycles. The molecule has 0 aliphatic heterocycles. The van der Waals surface area contributed by atoms with Crippen LogP contribution in [-0.2, 0) is 6.54 Å². The van der Waals surface area contributed by atoms with E-state index in [-0.39, 0.29) is 17.7 Å². The summed E-state index contributed by atoms with van der Waals surface area (Å²) in [5, 5.41) is 13.1. The van der Waals surface area contributed by atoms with E-state index < -0.39 is 5.97 Å². The van der Waals surface area contributed by atoms with Gasteiger partial charge in [-0.1, -0.05) is 18.2 Å². The van der Waals surface area contributed by atoms with Crippen LogP contribution in [0.4, 0.5) is 0 Å². The molecular formula is C13H12N2O3. The third kappa shape index (κ3) is 2.45. The fourth-order valence-corrected chi connectivity index (χ4v) is 1.69. The van der Waals surface area contributed by atoms with Crippen LogP contribution in [-0.4, -0.2) is 20.9 Å². The zero-order valence-electron chi connectivity index (χ0n) is 9.83. The van der Waals surface area contributed by atoms with E-state index in [2.05, 4.69) is 5.10 Å². The Morgan fingerprint density at radius 1 is 1.28 bits per heavy atom. The van der Waals surface area contributed by atoms with Crippen molar-refractivity contribution in [1.82, 2.24) is 9.78 Å². The van der Waals surface area contributed by atoms with Gasteiger partial charge in [-0.15, -0.1) is 0 Å². The summed E-state index contributed by atoms with van der Waals surface area (Å²) in [6.07, 6.45) is 0. The molecule has 0 unspecified atom stereocenters. The Kier molecular flexibility index (Phi) is 3.23. The number of carbonyl (C=O) groups is 1. The summed E-state index contributed by atoms with van der Waals surface area (Å²) in [4.78, 5) is 22.7. The van der Waals surface area contributed by atoms with Crippen molar-refractivity contribution in [3.63, 3.8) is 0 Å². The van der Waals surface area contributed by atoms with Crippen LogP contribution in [0.2, 0.25) is 0 Å². The minimum absolute atomic E-state index is 0.156. The molecule has 0 radical (unpaired) electrons. The Hall–Kier alpha value is -2.43. The van der Waals surface area contributed by atoms with E-state index in [1.165, 1.54) is 16.8 Å². The average Bonchev–Trinajstić information content (AvgIpc) is 2.34. The predicted octanol–water partition coefficient (Wildman–Crippen LogP) is 1.30. The Morgan fingerprint density at radius 2 is 2.00 bits per heavy atom. The lowest BCUT2D eigenvalue weighted by atomic mass is 10.1. The number of hydrogen-bond acceptors (Lipinski definition) is 3. The number of aryl methyl sites for hydroxylation is 1. The minimum atomic E-state index is -1.01. The first-order valence-corrected chi connectivity index (χ1v) is 5.44. The van der Waals surface area contributed by atoms with Gasteiger partial charge in [-0.2, -0.15) is 5.10 Å². The molecule has 0 amide bonds. The van der Waals surface area contributed by atoms with Crippen molar-refractivity contribution in [2.24, 2.45) is 0 Å². The van der Waals surface area contributed by atoms with Crippen LogP contribution in [0.25, 0.3) is 0 Å². The topological polar surface area (TPSA) is 72.2 Å². The molecule has 0 aliphatic rings. The third-order valence-electron chi connectivity index (χ3n) is 2.57. The average molecular weight is 244 g/mol. The maximum atomic E-state index is 11.6. The number of nitrogens with zero attached hydrogens (tertiary/aromatic N) is 2. The number of aromatic nitrogens is 2. The van der Waals surface area contributed by atoms with Crippen LogP contribution in [0.1, 0.15) is 21.6 Å². The molecule has 0 atom stereocenters. The lowest BCUT2D eigenvalue weighted by molar-refractivity contribution is 0.0695. The minimum Gasteiger partial charge on any atom is -0.478 e. The zero-order chi connectivity index (χ0) is 13.1. The summed E-state index contributed by atoms with van der Waals surface area (Å²) in [7, 11) is 0. The van der Waals surface area contributed by atoms with Crippen LogP contribution in [0.3, 0.4) is 0 Å². The van der Waals surface area contributed by atoms with Crippen LogP contribution in [0.15, 0.2) is 41.2 Å². The Balaban J connectivity index is 2.43. The van der Waals surface area contributed by atoms with Crippen molar-refractivity contribution in [1.29, 1.82) is 0 Å². The molecule has 1 aromatic carbocycles. The summed E-state index contributed by atoms with van der Waals surface area (Å²) < 4.78 is 1.26. The van der Waals surface area contributed by atoms with Gasteiger partial charge in [0.15, 0.2) is 0 Å². The zero-order valence-corrected chi connectivity index (χ0v) is 9.83. The van der Waals surface area contributed by atoms with Gasteiger partial charge in [0.25, 0.3) is 5.56 Å². The second-order valence-corrected chi connectivity index (χ2v) is 3.93. The number of rotatable bonds is 3. The highest BCUT2D eigenvalue weighted by Crippen LogP contribution is 2.09. The molecule has 2 aromatic rings. The van der Waals surface area contributed by atoms with Crippen LogP contribution >= 0.6 is 0 Å². The maximum absolute atomic E-state index is 11.6. The van der Waals surface area contributed by atoms with Crippen molar-refractivity contribution >= 4 is 5.97 Å². The highest BCUT2D eigenvalue weighted by molar-refractivity contribution is 5.89. The van der Waals surface area contributed by atoms with Crippen molar-refractivity contribution in [3.8, 4) is 0 Å². The molecular weight excluding hydrogens is 232 g/mol. The van der Waals surface area contributed by atoms with Crippen LogP contribution in [0, 0.1) is 6.92 Å². The van der Waals surface area contributed by atoms with Gasteiger partial charge in [0.1, 0.15) is 0 Å². The van der Waals surface area contributed by atoms with Gasteiger partial charge in [0.2, 0.25) is 0 Å². The van der Waals surface area contributed by atoms with E-state index in [4.69, 9.17) is 5.11 Å². The molecule has 0 spiro atoms. The Bertz CT molecular complexity index is 647. The Morgan fingerprint density at radius 3 is 2.72 bits per heavy atom. The first kappa shape index (κ1) is 12.0. The summed E-state index contributed by atoms with van der Waals surface area (Å²) in [6, 6.07) is 9.63. The first-order valence-electron chi connectivity index (χ1n) is 5.44. The van der Waals surface area contributed by atoms with Crippen molar-refractivity contribution in [2.75, 3.05) is 0 Å². The fourth-order valence-electron chi connectivity index (χ4n) is 1.69. The number of aromatic carboxylic acids is 1. The molecule has 18 heavy (non-hydrogen) atoms. The SMILES string of the molecule is Cc1ccc(=O)n(Cc2ccccc2C(=O)O)n1. The first-order chi connectivity index (χ1) is 8.58. The molecule has 0 fully saturated rings. The lowest BCUT2D eigenvalue weighted by Crippen LogP contribution is -2.23. The van der Waals surface area contributed by atoms with Crippen molar-refractivity contribution in [2.45, 2.75) is 13.5 Å². The number of benzene rings is 1. The molecule has 0 bridgehead atoms. The van der Waals surface area contributed by atoms with Gasteiger partial charge >= 0.3 is 5.97 Å². The molecule has 92 valence electrons. The smallest absolute Gasteiger partial charge is 0.336 e. The normalized spacial score (nSPS) is 10.3. The molecule has 5 nitrogen and oxygen atoms in total. The van der Waals surface area contributed by atoms with E-state index in [1.807, 2.05) is 0 Å². The van der Waals surface area contributed by atoms with Gasteiger partial charge in [-0.25, -0.2) is 9.48 Å². The number of hydrogen-bond donors (Lipinski definition) is 1. The van der Waals surface area contributed by atoms with Gasteiger partial charge in [0, 0.05) is 6.07 Å². The van der Waals surface area contributed by atoms with Crippen molar-refractivity contribution in [3.05, 3.63) is 63.6 Å². The van der Waals surface area contributed by atoms with Gasteiger partial charge in [0.05, 0.1) is 17.8 Å². The molecule has 1 heterocycles. The van der Waals surface area contributed by atoms with Crippen molar-refractivity contribution < 1.29 is 9.90 Å². The van der Waals surface area contributed by atoms with Crippen LogP contribution in [0.5, 0.6) is 0 Å². The third-order valence-corrected chi connectivity index (χ3v) is 2.57. The van der Waals surface area contributed by atoms with E-state index in [0.29, 0.717) is 11.3 Å². The summed E-state index contributed by atoms with van der Waals surface area (Å²) >= 11 is 0. The predicted molar refractivity (Wildman–Crippen MR) is 65.7 cm³/mol. The molecule has 0 saturated carbocycles. The maximum Gasteiger partial charge on any atom is 0.336 e. The largest absolute Gasteiger partial charge is 0.478 e. The lowest BCUT2D eigenvalue weighted by Gasteiger charge is -2.07. The highest BCUT2D eigenvalue weighted by atomic mass is 16.4. The second kappa shape index (κ2) is 4.83. The quantitative estimate of drug-likeness (QED) is 0.883. The van der Waals surface area contributed by atoms with E-state index >= 15 is 0 Å². The van der Waals surface area contributed by atoms with Gasteiger partial charge < -0.3 is 5.11 Å². The second-order valence-electron chi connectivity index (χ2n) is 3.93.